The summed E-state index contributed by atoms with van der Waals surface area (Å²) < 4.78 is 31.7. The molecule has 4 heterocycles. The average molecular weight is 499 g/mol. The van der Waals surface area contributed by atoms with Gasteiger partial charge in [-0.25, -0.2) is 4.79 Å². The van der Waals surface area contributed by atoms with E-state index in [1.54, 1.807) is 0 Å². The van der Waals surface area contributed by atoms with Crippen LogP contribution in [0, 0.1) is 5.92 Å². The van der Waals surface area contributed by atoms with Gasteiger partial charge in [0, 0.05) is 67.9 Å². The number of pyridine rings is 1. The van der Waals surface area contributed by atoms with E-state index < -0.39 is 12.1 Å². The van der Waals surface area contributed by atoms with Gasteiger partial charge in [-0.15, -0.1) is 0 Å². The zero-order chi connectivity index (χ0) is 25.4. The van der Waals surface area contributed by atoms with Crippen LogP contribution in [0.2, 0.25) is 0 Å². The number of carbonyl (C=O) groups excluding carboxylic acids is 1. The van der Waals surface area contributed by atoms with E-state index in [2.05, 4.69) is 46.6 Å². The van der Waals surface area contributed by atoms with Crippen molar-refractivity contribution in [2.75, 3.05) is 31.1 Å². The van der Waals surface area contributed by atoms with E-state index in [9.17, 15) is 18.0 Å². The molecule has 188 valence electrons. The average Bonchev–Trinajstić information content (AvgIpc) is 3.32. The zero-order valence-electron chi connectivity index (χ0n) is 19.3. The highest BCUT2D eigenvalue weighted by atomic mass is 19.4. The number of amides is 1. The molecule has 2 atom stereocenters. The van der Waals surface area contributed by atoms with Gasteiger partial charge >= 0.3 is 12.1 Å². The molecule has 0 unspecified atom stereocenters. The van der Waals surface area contributed by atoms with Crippen LogP contribution < -0.4 is 10.2 Å². The molecule has 6 rings (SSSR count). The number of hydrogen-bond acceptors (Lipinski definition) is 5. The van der Waals surface area contributed by atoms with Gasteiger partial charge in [-0.3, -0.25) is 9.78 Å². The number of rotatable bonds is 4. The van der Waals surface area contributed by atoms with Crippen molar-refractivity contribution < 1.29 is 27.9 Å². The number of hydrogen-bond donors (Lipinski definition) is 2. The Kier molecular flexibility index (Phi) is 6.29. The predicted octanol–water partition coefficient (Wildman–Crippen LogP) is 3.47. The number of aromatic nitrogens is 1. The Morgan fingerprint density at radius 3 is 2.53 bits per heavy atom. The summed E-state index contributed by atoms with van der Waals surface area (Å²) in [6.07, 6.45) is -4.31. The van der Waals surface area contributed by atoms with E-state index in [1.165, 1.54) is 0 Å². The third kappa shape index (κ3) is 4.73. The standard InChI is InChI=1S/C24H24N4O.C2HF3O2/c29-24-23-17(5-3-7-22(23)28-14-18-12-25-21(18)15-28)13-27(24)11-10-19-9-8-16-4-1-2-6-20(16)26-19;3-2(4,5)1(6)7/h1-9,18,21,25H,10-15H2;(H,6,7)/t18-,21+;/m0./s1. The van der Waals surface area contributed by atoms with E-state index in [0.717, 1.165) is 65.4 Å². The highest BCUT2D eigenvalue weighted by Gasteiger charge is 2.41. The number of alkyl halides is 3. The lowest BCUT2D eigenvalue weighted by molar-refractivity contribution is -0.192. The molecule has 3 aliphatic rings. The lowest BCUT2D eigenvalue weighted by Gasteiger charge is -2.29. The summed E-state index contributed by atoms with van der Waals surface area (Å²) in [5.74, 6) is -1.85. The second-order valence-electron chi connectivity index (χ2n) is 9.27. The number of para-hydroxylation sites is 1. The molecule has 0 saturated carbocycles. The minimum Gasteiger partial charge on any atom is -0.475 e. The predicted molar refractivity (Wildman–Crippen MR) is 128 cm³/mol. The lowest BCUT2D eigenvalue weighted by atomic mass is 9.96. The van der Waals surface area contributed by atoms with Crippen molar-refractivity contribution in [3.05, 3.63) is 71.4 Å². The first-order valence-electron chi connectivity index (χ1n) is 11.7. The third-order valence-electron chi connectivity index (χ3n) is 6.95. The second-order valence-corrected chi connectivity index (χ2v) is 9.27. The Morgan fingerprint density at radius 2 is 1.86 bits per heavy atom. The summed E-state index contributed by atoms with van der Waals surface area (Å²) in [7, 11) is 0. The van der Waals surface area contributed by atoms with Crippen LogP contribution in [-0.2, 0) is 17.8 Å². The van der Waals surface area contributed by atoms with E-state index in [-0.39, 0.29) is 5.91 Å². The molecule has 7 nitrogen and oxygen atoms in total. The summed E-state index contributed by atoms with van der Waals surface area (Å²) in [6, 6.07) is 19.3. The van der Waals surface area contributed by atoms with Crippen LogP contribution in [0.25, 0.3) is 10.9 Å². The number of nitrogens with zero attached hydrogens (tertiary/aromatic N) is 3. The fourth-order valence-corrected chi connectivity index (χ4v) is 4.99. The highest BCUT2D eigenvalue weighted by Crippen LogP contribution is 2.36. The molecule has 2 aromatic carbocycles. The van der Waals surface area contributed by atoms with E-state index >= 15 is 0 Å². The summed E-state index contributed by atoms with van der Waals surface area (Å²) in [6.45, 7) is 4.58. The molecule has 2 fully saturated rings. The number of benzene rings is 2. The number of carboxylic acid groups (broad SMARTS) is 1. The molecule has 3 aromatic rings. The number of anilines is 1. The summed E-state index contributed by atoms with van der Waals surface area (Å²) in [4.78, 5) is 31.3. The molecule has 0 spiro atoms. The van der Waals surface area contributed by atoms with Crippen molar-refractivity contribution in [1.29, 1.82) is 0 Å². The number of aliphatic carboxylic acids is 1. The highest BCUT2D eigenvalue weighted by molar-refractivity contribution is 6.03. The van der Waals surface area contributed by atoms with E-state index in [0.29, 0.717) is 19.1 Å². The first-order valence-corrected chi connectivity index (χ1v) is 11.7. The summed E-state index contributed by atoms with van der Waals surface area (Å²) in [5, 5.41) is 11.8. The quantitative estimate of drug-likeness (QED) is 0.573. The molecule has 1 amide bonds. The van der Waals surface area contributed by atoms with Gasteiger partial charge < -0.3 is 20.2 Å². The largest absolute Gasteiger partial charge is 0.490 e. The normalized spacial score (nSPS) is 20.5. The van der Waals surface area contributed by atoms with Crippen LogP contribution in [0.1, 0.15) is 21.6 Å². The number of carbonyl (C=O) groups is 2. The Bertz CT molecular complexity index is 1300. The Labute approximate surface area is 205 Å². The van der Waals surface area contributed by atoms with E-state index in [1.807, 2.05) is 23.1 Å². The number of nitrogens with one attached hydrogen (secondary N) is 1. The number of halogens is 3. The van der Waals surface area contributed by atoms with Crippen LogP contribution in [0.4, 0.5) is 18.9 Å². The van der Waals surface area contributed by atoms with Crippen LogP contribution in [0.3, 0.4) is 0 Å². The molecule has 1 aromatic heterocycles. The molecule has 2 N–H and O–H groups in total. The molecule has 0 aliphatic carbocycles. The third-order valence-corrected chi connectivity index (χ3v) is 6.95. The molecule has 36 heavy (non-hydrogen) atoms. The molecular weight excluding hydrogens is 473 g/mol. The van der Waals surface area contributed by atoms with Crippen LogP contribution in [0.5, 0.6) is 0 Å². The van der Waals surface area contributed by atoms with Crippen LogP contribution >= 0.6 is 0 Å². The van der Waals surface area contributed by atoms with Gasteiger partial charge in [0.05, 0.1) is 11.1 Å². The Morgan fingerprint density at radius 1 is 1.08 bits per heavy atom. The molecule has 2 saturated heterocycles. The maximum atomic E-state index is 13.2. The zero-order valence-corrected chi connectivity index (χ0v) is 19.3. The minimum atomic E-state index is -5.08. The van der Waals surface area contributed by atoms with Crippen molar-refractivity contribution in [3.63, 3.8) is 0 Å². The Balaban J connectivity index is 0.000000338. The molecule has 10 heteroatoms. The van der Waals surface area contributed by atoms with Crippen molar-refractivity contribution in [2.24, 2.45) is 5.92 Å². The first kappa shape index (κ1) is 24.1. The maximum absolute atomic E-state index is 13.2. The molecule has 0 radical (unpaired) electrons. The van der Waals surface area contributed by atoms with Gasteiger partial charge in [-0.05, 0) is 23.8 Å². The number of carboxylic acids is 1. The van der Waals surface area contributed by atoms with Gasteiger partial charge in [0.1, 0.15) is 0 Å². The molecular formula is C26H25F3N4O3. The fraction of sp³-hybridized carbons (Fsp3) is 0.346. The minimum absolute atomic E-state index is 0.170. The van der Waals surface area contributed by atoms with Crippen molar-refractivity contribution in [1.82, 2.24) is 15.2 Å². The molecule has 3 aliphatic heterocycles. The van der Waals surface area contributed by atoms with Crippen LogP contribution in [0.15, 0.2) is 54.6 Å². The molecule has 0 bridgehead atoms. The van der Waals surface area contributed by atoms with Gasteiger partial charge in [0.25, 0.3) is 5.91 Å². The topological polar surface area (TPSA) is 85.8 Å². The van der Waals surface area contributed by atoms with Gasteiger partial charge in [0.15, 0.2) is 0 Å². The van der Waals surface area contributed by atoms with Gasteiger partial charge in [-0.2, -0.15) is 13.2 Å². The van der Waals surface area contributed by atoms with Gasteiger partial charge in [0.2, 0.25) is 0 Å². The smallest absolute Gasteiger partial charge is 0.475 e. The second kappa shape index (κ2) is 9.42. The van der Waals surface area contributed by atoms with E-state index in [4.69, 9.17) is 14.9 Å². The number of fused-ring (bicyclic) bond motifs is 3. The monoisotopic (exact) mass is 498 g/mol. The summed E-state index contributed by atoms with van der Waals surface area (Å²) in [5.41, 5.74) is 5.25. The van der Waals surface area contributed by atoms with Crippen molar-refractivity contribution in [3.8, 4) is 0 Å². The maximum Gasteiger partial charge on any atom is 0.490 e. The Hall–Kier alpha value is -3.66. The first-order chi connectivity index (χ1) is 17.2. The van der Waals surface area contributed by atoms with Gasteiger partial charge in [-0.1, -0.05) is 36.4 Å². The summed E-state index contributed by atoms with van der Waals surface area (Å²) >= 11 is 0. The van der Waals surface area contributed by atoms with Crippen LogP contribution in [-0.4, -0.2) is 65.3 Å². The van der Waals surface area contributed by atoms with Crippen molar-refractivity contribution in [2.45, 2.75) is 25.2 Å². The van der Waals surface area contributed by atoms with Crippen molar-refractivity contribution >= 4 is 28.5 Å². The lowest BCUT2D eigenvalue weighted by Crippen LogP contribution is -2.51. The SMILES string of the molecule is O=C(O)C(F)(F)F.O=C1c2c(cccc2N2C[C@@H]3CN[C@@H]3C2)CN1CCc1ccc2ccccc2n1. The fourth-order valence-electron chi connectivity index (χ4n) is 4.99.